The number of nitro benzene ring substituents is 1. The van der Waals surface area contributed by atoms with Crippen LogP contribution < -0.4 is 14.2 Å². The van der Waals surface area contributed by atoms with Crippen molar-refractivity contribution in [1.82, 2.24) is 0 Å². The molecule has 0 aromatic heterocycles. The third-order valence-electron chi connectivity index (χ3n) is 3.69. The van der Waals surface area contributed by atoms with Gasteiger partial charge in [0.15, 0.2) is 17.3 Å². The molecule has 140 valence electrons. The molecule has 0 saturated heterocycles. The monoisotopic (exact) mass is 369 g/mol. The lowest BCUT2D eigenvalue weighted by atomic mass is 10.1. The molecule has 0 radical (unpaired) electrons. The third-order valence-corrected chi connectivity index (χ3v) is 3.69. The molecule has 0 unspecified atom stereocenters. The highest BCUT2D eigenvalue weighted by Gasteiger charge is 2.17. The minimum absolute atomic E-state index is 0.187. The van der Waals surface area contributed by atoms with Gasteiger partial charge >= 0.3 is 0 Å². The number of ketones is 1. The summed E-state index contributed by atoms with van der Waals surface area (Å²) in [5, 5.41) is 11.3. The van der Waals surface area contributed by atoms with E-state index in [1.54, 1.807) is 25.3 Å². The van der Waals surface area contributed by atoms with Crippen LogP contribution in [0.5, 0.6) is 17.2 Å². The highest BCUT2D eigenvalue weighted by atomic mass is 16.6. The van der Waals surface area contributed by atoms with Crippen LogP contribution in [-0.2, 0) is 4.79 Å². The SMILES string of the molecule is COc1cccc(/C=C/C(=O)/C=C/c2cc(OC)c(OC)cc2[N+](=O)[O-])c1. The number of hydrogen-bond donors (Lipinski definition) is 0. The molecule has 27 heavy (non-hydrogen) atoms. The van der Waals surface area contributed by atoms with Crippen LogP contribution >= 0.6 is 0 Å². The lowest BCUT2D eigenvalue weighted by Gasteiger charge is -2.08. The molecule has 0 aliphatic carbocycles. The zero-order valence-electron chi connectivity index (χ0n) is 15.2. The largest absolute Gasteiger partial charge is 0.497 e. The molecule has 0 aliphatic rings. The highest BCUT2D eigenvalue weighted by Crippen LogP contribution is 2.35. The first kappa shape index (κ1) is 19.7. The highest BCUT2D eigenvalue weighted by molar-refractivity contribution is 6.04. The maximum Gasteiger partial charge on any atom is 0.280 e. The first-order valence-electron chi connectivity index (χ1n) is 7.93. The Morgan fingerprint density at radius 2 is 1.63 bits per heavy atom. The fourth-order valence-corrected chi connectivity index (χ4v) is 2.33. The van der Waals surface area contributed by atoms with Crippen LogP contribution in [-0.4, -0.2) is 32.0 Å². The van der Waals surface area contributed by atoms with Crippen molar-refractivity contribution in [2.75, 3.05) is 21.3 Å². The molecule has 0 N–H and O–H groups in total. The predicted octanol–water partition coefficient (Wildman–Crippen LogP) is 3.92. The summed E-state index contributed by atoms with van der Waals surface area (Å²) in [4.78, 5) is 22.8. The van der Waals surface area contributed by atoms with Crippen LogP contribution in [0.3, 0.4) is 0 Å². The van der Waals surface area contributed by atoms with E-state index in [-0.39, 0.29) is 22.8 Å². The van der Waals surface area contributed by atoms with Crippen LogP contribution in [0, 0.1) is 10.1 Å². The number of methoxy groups -OCH3 is 3. The van der Waals surface area contributed by atoms with Gasteiger partial charge < -0.3 is 14.2 Å². The van der Waals surface area contributed by atoms with Crippen LogP contribution in [0.15, 0.2) is 48.6 Å². The molecular formula is C20H19NO6. The molecule has 7 heteroatoms. The number of nitrogens with zero attached hydrogens (tertiary/aromatic N) is 1. The third kappa shape index (κ3) is 5.18. The number of carbonyl (C=O) groups excluding carboxylic acids is 1. The second-order valence-corrected chi connectivity index (χ2v) is 5.37. The average Bonchev–Trinajstić information content (AvgIpc) is 2.69. The second-order valence-electron chi connectivity index (χ2n) is 5.37. The molecule has 0 fully saturated rings. The van der Waals surface area contributed by atoms with Gasteiger partial charge in [0.25, 0.3) is 5.69 Å². The quantitative estimate of drug-likeness (QED) is 0.398. The van der Waals surface area contributed by atoms with Crippen molar-refractivity contribution in [3.8, 4) is 17.2 Å². The lowest BCUT2D eigenvalue weighted by Crippen LogP contribution is -1.97. The Morgan fingerprint density at radius 1 is 0.963 bits per heavy atom. The number of rotatable bonds is 8. The normalized spacial score (nSPS) is 10.9. The second kappa shape index (κ2) is 9.19. The minimum Gasteiger partial charge on any atom is -0.497 e. The van der Waals surface area contributed by atoms with Gasteiger partial charge in [0.1, 0.15) is 5.75 Å². The van der Waals surface area contributed by atoms with Crippen molar-refractivity contribution in [3.05, 3.63) is 69.8 Å². The molecule has 0 heterocycles. The van der Waals surface area contributed by atoms with Gasteiger partial charge in [0, 0.05) is 0 Å². The average molecular weight is 369 g/mol. The summed E-state index contributed by atoms with van der Waals surface area (Å²) in [5.41, 5.74) is 0.849. The van der Waals surface area contributed by atoms with E-state index in [2.05, 4.69) is 0 Å². The zero-order chi connectivity index (χ0) is 19.8. The van der Waals surface area contributed by atoms with E-state index in [0.717, 1.165) is 5.56 Å². The minimum atomic E-state index is -0.543. The van der Waals surface area contributed by atoms with Gasteiger partial charge in [0.05, 0.1) is 37.9 Å². The molecule has 0 atom stereocenters. The number of carbonyl (C=O) groups is 1. The molecule has 0 spiro atoms. The van der Waals surface area contributed by atoms with E-state index >= 15 is 0 Å². The van der Waals surface area contributed by atoms with Crippen LogP contribution in [0.4, 0.5) is 5.69 Å². The Balaban J connectivity index is 2.24. The van der Waals surface area contributed by atoms with E-state index in [1.807, 2.05) is 12.1 Å². The Morgan fingerprint density at radius 3 is 2.26 bits per heavy atom. The number of benzene rings is 2. The molecule has 0 aliphatic heterocycles. The number of nitro groups is 1. The maximum atomic E-state index is 12.1. The van der Waals surface area contributed by atoms with Gasteiger partial charge in [0.2, 0.25) is 0 Å². The Labute approximate surface area is 156 Å². The molecule has 2 aromatic rings. The van der Waals surface area contributed by atoms with Crippen molar-refractivity contribution in [2.45, 2.75) is 0 Å². The van der Waals surface area contributed by atoms with Gasteiger partial charge in [-0.05, 0) is 42.0 Å². The van der Waals surface area contributed by atoms with Gasteiger partial charge in [-0.2, -0.15) is 0 Å². The van der Waals surface area contributed by atoms with E-state index in [0.29, 0.717) is 11.5 Å². The molecule has 7 nitrogen and oxygen atoms in total. The number of allylic oxidation sites excluding steroid dienone is 2. The van der Waals surface area contributed by atoms with Crippen molar-refractivity contribution in [1.29, 1.82) is 0 Å². The predicted molar refractivity (Wildman–Crippen MR) is 102 cm³/mol. The van der Waals surface area contributed by atoms with E-state index in [9.17, 15) is 14.9 Å². The lowest BCUT2D eigenvalue weighted by molar-refractivity contribution is -0.385. The van der Waals surface area contributed by atoms with Gasteiger partial charge in [-0.3, -0.25) is 14.9 Å². The summed E-state index contributed by atoms with van der Waals surface area (Å²) in [7, 11) is 4.38. The van der Waals surface area contributed by atoms with Crippen molar-refractivity contribution >= 4 is 23.6 Å². The number of ether oxygens (including phenoxy) is 3. The summed E-state index contributed by atoms with van der Waals surface area (Å²) < 4.78 is 15.4. The molecule has 0 saturated carbocycles. The van der Waals surface area contributed by atoms with Crippen LogP contribution in [0.1, 0.15) is 11.1 Å². The van der Waals surface area contributed by atoms with Gasteiger partial charge in [-0.15, -0.1) is 0 Å². The summed E-state index contributed by atoms with van der Waals surface area (Å²) >= 11 is 0. The topological polar surface area (TPSA) is 87.9 Å². The Kier molecular flexibility index (Phi) is 6.71. The Hall–Kier alpha value is -3.61. The van der Waals surface area contributed by atoms with Crippen molar-refractivity contribution < 1.29 is 23.9 Å². The summed E-state index contributed by atoms with van der Waals surface area (Å²) in [6.45, 7) is 0. The smallest absolute Gasteiger partial charge is 0.280 e. The molecule has 0 bridgehead atoms. The summed E-state index contributed by atoms with van der Waals surface area (Å²) in [6, 6.07) is 9.94. The molecule has 2 aromatic carbocycles. The first-order chi connectivity index (χ1) is 13.0. The van der Waals surface area contributed by atoms with E-state index in [4.69, 9.17) is 14.2 Å². The molecule has 2 rings (SSSR count). The molecular weight excluding hydrogens is 350 g/mol. The van der Waals surface area contributed by atoms with Crippen molar-refractivity contribution in [2.24, 2.45) is 0 Å². The van der Waals surface area contributed by atoms with Gasteiger partial charge in [-0.1, -0.05) is 18.2 Å². The summed E-state index contributed by atoms with van der Waals surface area (Å²) in [5.74, 6) is 0.940. The van der Waals surface area contributed by atoms with Crippen LogP contribution in [0.2, 0.25) is 0 Å². The van der Waals surface area contributed by atoms with E-state index in [1.165, 1.54) is 44.6 Å². The molecule has 0 amide bonds. The number of hydrogen-bond acceptors (Lipinski definition) is 6. The van der Waals surface area contributed by atoms with E-state index < -0.39 is 4.92 Å². The zero-order valence-corrected chi connectivity index (χ0v) is 15.2. The maximum absolute atomic E-state index is 12.1. The fraction of sp³-hybridized carbons (Fsp3) is 0.150. The Bertz CT molecular complexity index is 901. The first-order valence-corrected chi connectivity index (χ1v) is 7.93. The van der Waals surface area contributed by atoms with Crippen molar-refractivity contribution in [3.63, 3.8) is 0 Å². The fourth-order valence-electron chi connectivity index (χ4n) is 2.33. The van der Waals surface area contributed by atoms with Gasteiger partial charge in [-0.25, -0.2) is 0 Å². The summed E-state index contributed by atoms with van der Waals surface area (Å²) in [6.07, 6.45) is 5.64. The standard InChI is InChI=1S/C20H19NO6/c1-25-17-6-4-5-14(11-17)7-9-16(22)10-8-15-12-19(26-2)20(27-3)13-18(15)21(23)24/h4-13H,1-3H3/b9-7+,10-8+. The van der Waals surface area contributed by atoms with Crippen LogP contribution in [0.25, 0.3) is 12.2 Å².